The molecule has 2 rings (SSSR count). The van der Waals surface area contributed by atoms with Gasteiger partial charge in [0.1, 0.15) is 0 Å². The Balaban J connectivity index is 2.25. The monoisotopic (exact) mass is 283 g/mol. The molecule has 0 unspecified atom stereocenters. The lowest BCUT2D eigenvalue weighted by Crippen LogP contribution is -2.26. The normalized spacial score (nSPS) is 10.2. The molecule has 0 aliphatic carbocycles. The van der Waals surface area contributed by atoms with Gasteiger partial charge in [0.15, 0.2) is 0 Å². The van der Waals surface area contributed by atoms with Crippen molar-refractivity contribution in [3.05, 3.63) is 65.2 Å². The van der Waals surface area contributed by atoms with Crippen LogP contribution in [0.1, 0.15) is 33.2 Å². The second-order valence-electron chi connectivity index (χ2n) is 4.77. The van der Waals surface area contributed by atoms with Gasteiger partial charge in [0, 0.05) is 18.3 Å². The van der Waals surface area contributed by atoms with E-state index in [1.807, 2.05) is 24.3 Å². The molecule has 1 N–H and O–H groups in total. The number of carboxylic acid groups (broad SMARTS) is 1. The van der Waals surface area contributed by atoms with E-state index in [-0.39, 0.29) is 11.5 Å². The molecule has 108 valence electrons. The van der Waals surface area contributed by atoms with Crippen molar-refractivity contribution >= 4 is 17.6 Å². The summed E-state index contributed by atoms with van der Waals surface area (Å²) in [6.45, 7) is 2.07. The number of aryl methyl sites for hydroxylation is 1. The van der Waals surface area contributed by atoms with Crippen molar-refractivity contribution in [2.24, 2.45) is 0 Å². The van der Waals surface area contributed by atoms with Gasteiger partial charge in [-0.05, 0) is 42.3 Å². The maximum absolute atomic E-state index is 12.4. The summed E-state index contributed by atoms with van der Waals surface area (Å²) < 4.78 is 0. The van der Waals surface area contributed by atoms with Gasteiger partial charge in [-0.15, -0.1) is 0 Å². The molecule has 2 aromatic carbocycles. The summed E-state index contributed by atoms with van der Waals surface area (Å²) in [4.78, 5) is 24.9. The van der Waals surface area contributed by atoms with Crippen molar-refractivity contribution in [3.63, 3.8) is 0 Å². The highest BCUT2D eigenvalue weighted by atomic mass is 16.4. The largest absolute Gasteiger partial charge is 0.478 e. The SMILES string of the molecule is CCc1ccc(N(C)C(=O)c2cccc(C(=O)O)c2)cc1. The fraction of sp³-hybridized carbons (Fsp3) is 0.176. The fourth-order valence-corrected chi connectivity index (χ4v) is 2.05. The van der Waals surface area contributed by atoms with Gasteiger partial charge in [-0.1, -0.05) is 25.1 Å². The third kappa shape index (κ3) is 3.28. The highest BCUT2D eigenvalue weighted by Crippen LogP contribution is 2.17. The Hall–Kier alpha value is -2.62. The van der Waals surface area contributed by atoms with Crippen molar-refractivity contribution in [1.82, 2.24) is 0 Å². The van der Waals surface area contributed by atoms with Gasteiger partial charge in [-0.3, -0.25) is 4.79 Å². The molecule has 1 amide bonds. The lowest BCUT2D eigenvalue weighted by atomic mass is 10.1. The summed E-state index contributed by atoms with van der Waals surface area (Å²) in [5.74, 6) is -1.28. The number of hydrogen-bond donors (Lipinski definition) is 1. The Bertz CT molecular complexity index is 662. The average Bonchev–Trinajstić information content (AvgIpc) is 2.53. The van der Waals surface area contributed by atoms with Crippen LogP contribution in [0.15, 0.2) is 48.5 Å². The summed E-state index contributed by atoms with van der Waals surface area (Å²) in [6.07, 6.45) is 0.943. The van der Waals surface area contributed by atoms with Crippen molar-refractivity contribution in [2.75, 3.05) is 11.9 Å². The minimum absolute atomic E-state index is 0.107. The molecule has 0 aliphatic rings. The predicted octanol–water partition coefficient (Wildman–Crippen LogP) is 3.22. The molecule has 4 heteroatoms. The van der Waals surface area contributed by atoms with Crippen LogP contribution < -0.4 is 4.90 Å². The van der Waals surface area contributed by atoms with E-state index < -0.39 is 5.97 Å². The first-order valence-electron chi connectivity index (χ1n) is 6.73. The molecule has 0 fully saturated rings. The molecule has 0 aliphatic heterocycles. The van der Waals surface area contributed by atoms with Crippen LogP contribution in [0.5, 0.6) is 0 Å². The van der Waals surface area contributed by atoms with Crippen LogP contribution in [-0.2, 0) is 6.42 Å². The number of benzene rings is 2. The Morgan fingerprint density at radius 3 is 2.24 bits per heavy atom. The number of anilines is 1. The van der Waals surface area contributed by atoms with Crippen LogP contribution in [0.4, 0.5) is 5.69 Å². The van der Waals surface area contributed by atoms with E-state index in [2.05, 4.69) is 6.92 Å². The summed E-state index contributed by atoms with van der Waals surface area (Å²) in [5, 5.41) is 8.98. The summed E-state index contributed by atoms with van der Waals surface area (Å²) >= 11 is 0. The van der Waals surface area contributed by atoms with Gasteiger partial charge in [-0.25, -0.2) is 4.79 Å². The molecule has 0 saturated carbocycles. The van der Waals surface area contributed by atoms with E-state index >= 15 is 0 Å². The molecule has 0 atom stereocenters. The topological polar surface area (TPSA) is 57.6 Å². The molecule has 2 aromatic rings. The molecule has 0 heterocycles. The van der Waals surface area contributed by atoms with Gasteiger partial charge in [0.2, 0.25) is 0 Å². The standard InChI is InChI=1S/C17H17NO3/c1-3-12-7-9-15(10-8-12)18(2)16(19)13-5-4-6-14(11-13)17(20)21/h4-11H,3H2,1-2H3,(H,20,21). The maximum atomic E-state index is 12.4. The Morgan fingerprint density at radius 2 is 1.67 bits per heavy atom. The van der Waals surface area contributed by atoms with E-state index in [1.165, 1.54) is 22.6 Å². The van der Waals surface area contributed by atoms with Crippen molar-refractivity contribution in [1.29, 1.82) is 0 Å². The molecular formula is C17H17NO3. The molecule has 0 bridgehead atoms. The quantitative estimate of drug-likeness (QED) is 0.937. The van der Waals surface area contributed by atoms with E-state index in [0.29, 0.717) is 5.56 Å². The van der Waals surface area contributed by atoms with Crippen LogP contribution in [0, 0.1) is 0 Å². The molecule has 0 aromatic heterocycles. The molecule has 0 saturated heterocycles. The zero-order valence-corrected chi connectivity index (χ0v) is 12.0. The zero-order valence-electron chi connectivity index (χ0n) is 12.0. The van der Waals surface area contributed by atoms with Crippen molar-refractivity contribution < 1.29 is 14.7 Å². The van der Waals surface area contributed by atoms with Gasteiger partial charge >= 0.3 is 5.97 Å². The third-order valence-corrected chi connectivity index (χ3v) is 3.39. The Kier molecular flexibility index (Phi) is 4.38. The van der Waals surface area contributed by atoms with E-state index in [9.17, 15) is 9.59 Å². The van der Waals surface area contributed by atoms with Crippen LogP contribution in [0.2, 0.25) is 0 Å². The molecule has 21 heavy (non-hydrogen) atoms. The van der Waals surface area contributed by atoms with Gasteiger partial charge < -0.3 is 10.0 Å². The van der Waals surface area contributed by atoms with Crippen molar-refractivity contribution in [3.8, 4) is 0 Å². The maximum Gasteiger partial charge on any atom is 0.335 e. The number of nitrogens with zero attached hydrogens (tertiary/aromatic N) is 1. The smallest absolute Gasteiger partial charge is 0.335 e. The van der Waals surface area contributed by atoms with Gasteiger partial charge in [0.25, 0.3) is 5.91 Å². The number of carbonyl (C=O) groups is 2. The van der Waals surface area contributed by atoms with Crippen molar-refractivity contribution in [2.45, 2.75) is 13.3 Å². The zero-order chi connectivity index (χ0) is 15.4. The van der Waals surface area contributed by atoms with Crippen LogP contribution in [0.25, 0.3) is 0 Å². The van der Waals surface area contributed by atoms with E-state index in [4.69, 9.17) is 5.11 Å². The highest BCUT2D eigenvalue weighted by molar-refractivity contribution is 6.06. The fourth-order valence-electron chi connectivity index (χ4n) is 2.05. The lowest BCUT2D eigenvalue weighted by molar-refractivity contribution is 0.0697. The lowest BCUT2D eigenvalue weighted by Gasteiger charge is -2.18. The molecule has 0 spiro atoms. The first-order valence-corrected chi connectivity index (χ1v) is 6.73. The second kappa shape index (κ2) is 6.22. The highest BCUT2D eigenvalue weighted by Gasteiger charge is 2.15. The van der Waals surface area contributed by atoms with Crippen LogP contribution >= 0.6 is 0 Å². The summed E-state index contributed by atoms with van der Waals surface area (Å²) in [6, 6.07) is 13.8. The Labute approximate surface area is 123 Å². The van der Waals surface area contributed by atoms with E-state index in [1.54, 1.807) is 19.2 Å². The number of carboxylic acids is 1. The number of aromatic carboxylic acids is 1. The summed E-state index contributed by atoms with van der Waals surface area (Å²) in [7, 11) is 1.68. The van der Waals surface area contributed by atoms with E-state index in [0.717, 1.165) is 12.1 Å². The minimum atomic E-state index is -1.04. The minimum Gasteiger partial charge on any atom is -0.478 e. The first-order chi connectivity index (χ1) is 10.0. The second-order valence-corrected chi connectivity index (χ2v) is 4.77. The van der Waals surface area contributed by atoms with Gasteiger partial charge in [0.05, 0.1) is 5.56 Å². The van der Waals surface area contributed by atoms with Crippen LogP contribution in [-0.4, -0.2) is 24.0 Å². The number of amides is 1. The van der Waals surface area contributed by atoms with Crippen LogP contribution in [0.3, 0.4) is 0 Å². The predicted molar refractivity (Wildman–Crippen MR) is 82.0 cm³/mol. The molecule has 4 nitrogen and oxygen atoms in total. The molecule has 0 radical (unpaired) electrons. The Morgan fingerprint density at radius 1 is 1.05 bits per heavy atom. The van der Waals surface area contributed by atoms with Gasteiger partial charge in [-0.2, -0.15) is 0 Å². The number of rotatable bonds is 4. The summed E-state index contributed by atoms with van der Waals surface area (Å²) in [5.41, 5.74) is 2.44. The molecular weight excluding hydrogens is 266 g/mol. The average molecular weight is 283 g/mol. The number of carbonyl (C=O) groups excluding carboxylic acids is 1. The first kappa shape index (κ1) is 14.8. The number of hydrogen-bond acceptors (Lipinski definition) is 2. The third-order valence-electron chi connectivity index (χ3n) is 3.39.